The maximum atomic E-state index is 14.1. The van der Waals surface area contributed by atoms with Crippen LogP contribution in [0.5, 0.6) is 0 Å². The second-order valence-corrected chi connectivity index (χ2v) is 8.10. The van der Waals surface area contributed by atoms with E-state index in [9.17, 15) is 14.0 Å². The third-order valence-electron chi connectivity index (χ3n) is 5.53. The SMILES string of the molecule is O=C(Nc1ccc2c(c1)CCNCC2)C1CC(F)CN1C(=O)Nc1ccc(Cl)cc1. The summed E-state index contributed by atoms with van der Waals surface area (Å²) < 4.78 is 14.1. The molecule has 4 rings (SSSR count). The molecule has 158 valence electrons. The van der Waals surface area contributed by atoms with Gasteiger partial charge in [-0.3, -0.25) is 4.79 Å². The van der Waals surface area contributed by atoms with Gasteiger partial charge in [0.1, 0.15) is 12.2 Å². The van der Waals surface area contributed by atoms with Crippen molar-refractivity contribution in [2.24, 2.45) is 0 Å². The Morgan fingerprint density at radius 1 is 1.00 bits per heavy atom. The predicted molar refractivity (Wildman–Crippen MR) is 116 cm³/mol. The van der Waals surface area contributed by atoms with Gasteiger partial charge in [0.05, 0.1) is 6.54 Å². The van der Waals surface area contributed by atoms with Crippen LogP contribution in [0.4, 0.5) is 20.6 Å². The molecule has 2 aromatic rings. The van der Waals surface area contributed by atoms with Crippen molar-refractivity contribution in [3.8, 4) is 0 Å². The van der Waals surface area contributed by atoms with Gasteiger partial charge in [-0.15, -0.1) is 0 Å². The van der Waals surface area contributed by atoms with Crippen molar-refractivity contribution in [3.63, 3.8) is 0 Å². The number of hydrogen-bond donors (Lipinski definition) is 3. The number of rotatable bonds is 3. The van der Waals surface area contributed by atoms with Gasteiger partial charge in [-0.25, -0.2) is 9.18 Å². The Morgan fingerprint density at radius 2 is 1.70 bits per heavy atom. The van der Waals surface area contributed by atoms with Crippen LogP contribution >= 0.6 is 11.6 Å². The number of benzene rings is 2. The molecule has 1 fully saturated rings. The Hall–Kier alpha value is -2.64. The Balaban J connectivity index is 1.44. The maximum Gasteiger partial charge on any atom is 0.322 e. The average molecular weight is 431 g/mol. The van der Waals surface area contributed by atoms with Crippen LogP contribution < -0.4 is 16.0 Å². The molecule has 0 radical (unpaired) electrons. The average Bonchev–Trinajstić information content (AvgIpc) is 2.97. The molecule has 0 spiro atoms. The van der Waals surface area contributed by atoms with Crippen LogP contribution in [0.2, 0.25) is 5.02 Å². The zero-order valence-electron chi connectivity index (χ0n) is 16.5. The molecule has 2 aromatic carbocycles. The molecule has 30 heavy (non-hydrogen) atoms. The first kappa shape index (κ1) is 20.6. The summed E-state index contributed by atoms with van der Waals surface area (Å²) in [4.78, 5) is 26.8. The first-order chi connectivity index (χ1) is 14.5. The van der Waals surface area contributed by atoms with E-state index < -0.39 is 18.2 Å². The molecule has 3 N–H and O–H groups in total. The van der Waals surface area contributed by atoms with Gasteiger partial charge in [-0.2, -0.15) is 0 Å². The number of hydrogen-bond acceptors (Lipinski definition) is 3. The number of carbonyl (C=O) groups is 2. The molecule has 0 aliphatic carbocycles. The molecular formula is C22H24ClFN4O2. The molecule has 8 heteroatoms. The summed E-state index contributed by atoms with van der Waals surface area (Å²) in [5, 5.41) is 9.47. The number of alkyl halides is 1. The number of fused-ring (bicyclic) bond motifs is 1. The van der Waals surface area contributed by atoms with Gasteiger partial charge in [0.15, 0.2) is 0 Å². The number of carbonyl (C=O) groups excluding carboxylic acids is 2. The van der Waals surface area contributed by atoms with Crippen molar-refractivity contribution in [1.29, 1.82) is 0 Å². The van der Waals surface area contributed by atoms with Crippen LogP contribution in [0.1, 0.15) is 17.5 Å². The number of nitrogens with one attached hydrogen (secondary N) is 3. The lowest BCUT2D eigenvalue weighted by atomic mass is 10.0. The summed E-state index contributed by atoms with van der Waals surface area (Å²) in [6.45, 7) is 1.72. The van der Waals surface area contributed by atoms with Crippen LogP contribution in [-0.2, 0) is 17.6 Å². The number of likely N-dealkylation sites (tertiary alicyclic amines) is 1. The van der Waals surface area contributed by atoms with Gasteiger partial charge >= 0.3 is 6.03 Å². The van der Waals surface area contributed by atoms with Crippen LogP contribution in [0.3, 0.4) is 0 Å². The van der Waals surface area contributed by atoms with Gasteiger partial charge in [-0.1, -0.05) is 17.7 Å². The van der Waals surface area contributed by atoms with E-state index in [1.165, 1.54) is 16.0 Å². The van der Waals surface area contributed by atoms with Crippen molar-refractivity contribution in [3.05, 3.63) is 58.6 Å². The van der Waals surface area contributed by atoms with Gasteiger partial charge < -0.3 is 20.9 Å². The summed E-state index contributed by atoms with van der Waals surface area (Å²) in [7, 11) is 0. The van der Waals surface area contributed by atoms with Crippen molar-refractivity contribution >= 4 is 34.9 Å². The van der Waals surface area contributed by atoms with E-state index >= 15 is 0 Å². The minimum absolute atomic E-state index is 0.0191. The van der Waals surface area contributed by atoms with Crippen LogP contribution in [0.15, 0.2) is 42.5 Å². The second-order valence-electron chi connectivity index (χ2n) is 7.66. The third-order valence-corrected chi connectivity index (χ3v) is 5.78. The van der Waals surface area contributed by atoms with E-state index in [0.29, 0.717) is 16.4 Å². The number of nitrogens with zero attached hydrogens (tertiary/aromatic N) is 1. The van der Waals surface area contributed by atoms with Crippen molar-refractivity contribution in [1.82, 2.24) is 10.2 Å². The molecule has 1 saturated heterocycles. The molecule has 2 unspecified atom stereocenters. The number of anilines is 2. The van der Waals surface area contributed by atoms with Crippen molar-refractivity contribution in [2.75, 3.05) is 30.3 Å². The Morgan fingerprint density at radius 3 is 2.47 bits per heavy atom. The molecule has 0 aromatic heterocycles. The summed E-state index contributed by atoms with van der Waals surface area (Å²) in [5.41, 5.74) is 3.67. The predicted octanol–water partition coefficient (Wildman–Crippen LogP) is 3.61. The van der Waals surface area contributed by atoms with Crippen LogP contribution in [0, 0.1) is 0 Å². The standard InChI is InChI=1S/C22H24ClFN4O2/c23-16-2-5-18(6-3-16)27-22(30)28-13-17(24)12-20(28)21(29)26-19-4-1-14-7-9-25-10-8-15(14)11-19/h1-6,11,17,20,25H,7-10,12-13H2,(H,26,29)(H,27,30). The van der Waals surface area contributed by atoms with Gasteiger partial charge in [0, 0.05) is 22.8 Å². The fraction of sp³-hybridized carbons (Fsp3) is 0.364. The van der Waals surface area contributed by atoms with Gasteiger partial charge in [-0.05, 0) is 73.5 Å². The quantitative estimate of drug-likeness (QED) is 0.696. The van der Waals surface area contributed by atoms with Crippen molar-refractivity contribution in [2.45, 2.75) is 31.5 Å². The molecule has 2 atom stereocenters. The van der Waals surface area contributed by atoms with E-state index in [1.54, 1.807) is 24.3 Å². The summed E-state index contributed by atoms with van der Waals surface area (Å²) in [6, 6.07) is 11.1. The zero-order valence-corrected chi connectivity index (χ0v) is 17.2. The van der Waals surface area contributed by atoms with E-state index in [4.69, 9.17) is 11.6 Å². The molecule has 2 aliphatic rings. The highest BCUT2D eigenvalue weighted by Crippen LogP contribution is 2.25. The minimum atomic E-state index is -1.24. The lowest BCUT2D eigenvalue weighted by Gasteiger charge is -2.24. The van der Waals surface area contributed by atoms with E-state index in [1.807, 2.05) is 18.2 Å². The van der Waals surface area contributed by atoms with Crippen LogP contribution in [-0.4, -0.2) is 48.7 Å². The minimum Gasteiger partial charge on any atom is -0.324 e. The number of halogens is 2. The fourth-order valence-electron chi connectivity index (χ4n) is 3.96. The summed E-state index contributed by atoms with van der Waals surface area (Å²) in [6.07, 6.45) is 0.586. The molecular weight excluding hydrogens is 407 g/mol. The highest BCUT2D eigenvalue weighted by atomic mass is 35.5. The van der Waals surface area contributed by atoms with E-state index in [-0.39, 0.29) is 18.9 Å². The topological polar surface area (TPSA) is 73.5 Å². The molecule has 3 amide bonds. The van der Waals surface area contributed by atoms with Gasteiger partial charge in [0.2, 0.25) is 5.91 Å². The normalized spacial score (nSPS) is 20.9. The van der Waals surface area contributed by atoms with Gasteiger partial charge in [0.25, 0.3) is 0 Å². The highest BCUT2D eigenvalue weighted by Gasteiger charge is 2.40. The zero-order chi connectivity index (χ0) is 21.1. The molecule has 2 aliphatic heterocycles. The summed E-state index contributed by atoms with van der Waals surface area (Å²) in [5.74, 6) is -0.381. The lowest BCUT2D eigenvalue weighted by Crippen LogP contribution is -2.45. The molecule has 0 saturated carbocycles. The Kier molecular flexibility index (Phi) is 6.20. The second kappa shape index (κ2) is 9.02. The van der Waals surface area contributed by atoms with Crippen molar-refractivity contribution < 1.29 is 14.0 Å². The first-order valence-electron chi connectivity index (χ1n) is 10.1. The van der Waals surface area contributed by atoms with Crippen LogP contribution in [0.25, 0.3) is 0 Å². The summed E-state index contributed by atoms with van der Waals surface area (Å²) >= 11 is 5.86. The third kappa shape index (κ3) is 4.74. The van der Waals surface area contributed by atoms with E-state index in [2.05, 4.69) is 16.0 Å². The Labute approximate surface area is 179 Å². The molecule has 6 nitrogen and oxygen atoms in total. The van der Waals surface area contributed by atoms with E-state index in [0.717, 1.165) is 25.9 Å². The monoisotopic (exact) mass is 430 g/mol. The largest absolute Gasteiger partial charge is 0.324 e. The maximum absolute atomic E-state index is 14.1. The molecule has 0 bridgehead atoms. The number of urea groups is 1. The lowest BCUT2D eigenvalue weighted by molar-refractivity contribution is -0.119. The molecule has 2 heterocycles. The smallest absolute Gasteiger partial charge is 0.322 e. The first-order valence-corrected chi connectivity index (χ1v) is 10.5. The fourth-order valence-corrected chi connectivity index (χ4v) is 4.09. The Bertz CT molecular complexity index is 937. The highest BCUT2D eigenvalue weighted by molar-refractivity contribution is 6.30. The number of amides is 3.